The van der Waals surface area contributed by atoms with E-state index in [1.807, 2.05) is 11.3 Å². The van der Waals surface area contributed by atoms with E-state index in [0.717, 1.165) is 5.92 Å². The molecule has 1 aromatic heterocycles. The Labute approximate surface area is 116 Å². The minimum absolute atomic E-state index is 0.581. The molecule has 16 heavy (non-hydrogen) atoms. The number of hydrogen-bond donors (Lipinski definition) is 1. The van der Waals surface area contributed by atoms with Gasteiger partial charge in [-0.25, -0.2) is 0 Å². The molecule has 2 rings (SSSR count). The number of nitrogens with one attached hydrogen (secondary N) is 1. The lowest BCUT2D eigenvalue weighted by Gasteiger charge is -2.25. The molecule has 1 unspecified atom stereocenters. The summed E-state index contributed by atoms with van der Waals surface area (Å²) in [6.45, 7) is 0. The van der Waals surface area contributed by atoms with E-state index in [1.165, 1.54) is 47.0 Å². The summed E-state index contributed by atoms with van der Waals surface area (Å²) in [5, 5.41) is 5.86. The summed E-state index contributed by atoms with van der Waals surface area (Å²) >= 11 is 4.28. The summed E-state index contributed by atoms with van der Waals surface area (Å²) in [4.78, 5) is 0. The van der Waals surface area contributed by atoms with Gasteiger partial charge in [-0.05, 0) is 65.4 Å². The zero-order chi connectivity index (χ0) is 11.4. The van der Waals surface area contributed by atoms with Crippen molar-refractivity contribution in [1.82, 2.24) is 5.32 Å². The Balaban J connectivity index is 2.08. The molecule has 0 aliphatic heterocycles. The molecule has 0 spiro atoms. The molecule has 0 saturated heterocycles. The molecule has 1 fully saturated rings. The first-order valence-corrected chi connectivity index (χ1v) is 8.18. The third kappa shape index (κ3) is 3.20. The van der Waals surface area contributed by atoms with Crippen molar-refractivity contribution in [1.29, 1.82) is 0 Å². The van der Waals surface area contributed by atoms with Crippen molar-refractivity contribution in [2.45, 2.75) is 44.6 Å². The van der Waals surface area contributed by atoms with Gasteiger partial charge in [0.2, 0.25) is 0 Å². The highest BCUT2D eigenvalue weighted by Crippen LogP contribution is 2.35. The number of rotatable bonds is 3. The van der Waals surface area contributed by atoms with Crippen LogP contribution in [0, 0.1) is 8.80 Å². The molecule has 1 nitrogen and oxygen atoms in total. The molecule has 90 valence electrons. The predicted molar refractivity (Wildman–Crippen MR) is 80.0 cm³/mol. The average molecular weight is 349 g/mol. The van der Waals surface area contributed by atoms with Crippen LogP contribution in [0.3, 0.4) is 0 Å². The molecule has 0 aromatic carbocycles. The van der Waals surface area contributed by atoms with E-state index in [2.05, 4.69) is 46.4 Å². The monoisotopic (exact) mass is 349 g/mol. The maximum absolute atomic E-state index is 3.53. The number of thiophene rings is 1. The Bertz CT molecular complexity index is 315. The quantitative estimate of drug-likeness (QED) is 0.622. The van der Waals surface area contributed by atoms with Crippen molar-refractivity contribution >= 4 is 33.9 Å². The Morgan fingerprint density at radius 2 is 2.00 bits per heavy atom. The van der Waals surface area contributed by atoms with Gasteiger partial charge >= 0.3 is 0 Å². The third-order valence-electron chi connectivity index (χ3n) is 3.63. The standard InChI is InChI=1S/C13H20INS/c1-15-13(11-8-12(14)16-9-11)10-6-4-2-3-5-7-10/h8-10,13,15H,2-7H2,1H3. The Morgan fingerprint density at radius 1 is 1.31 bits per heavy atom. The highest BCUT2D eigenvalue weighted by molar-refractivity contribution is 14.1. The first-order chi connectivity index (χ1) is 7.81. The molecule has 3 heteroatoms. The maximum atomic E-state index is 3.53. The minimum Gasteiger partial charge on any atom is -0.313 e. The Kier molecular flexibility index (Phi) is 5.10. The number of hydrogen-bond acceptors (Lipinski definition) is 2. The van der Waals surface area contributed by atoms with Gasteiger partial charge in [-0.15, -0.1) is 11.3 Å². The van der Waals surface area contributed by atoms with Crippen LogP contribution in [-0.2, 0) is 0 Å². The fraction of sp³-hybridized carbons (Fsp3) is 0.692. The van der Waals surface area contributed by atoms with Crippen molar-refractivity contribution in [3.8, 4) is 0 Å². The van der Waals surface area contributed by atoms with E-state index in [4.69, 9.17) is 0 Å². The van der Waals surface area contributed by atoms with Crippen molar-refractivity contribution in [3.63, 3.8) is 0 Å². The summed E-state index contributed by atoms with van der Waals surface area (Å²) in [5.74, 6) is 0.845. The van der Waals surface area contributed by atoms with E-state index < -0.39 is 0 Å². The molecule has 1 N–H and O–H groups in total. The smallest absolute Gasteiger partial charge is 0.0656 e. The largest absolute Gasteiger partial charge is 0.313 e. The molecular formula is C13H20INS. The summed E-state index contributed by atoms with van der Waals surface area (Å²) < 4.78 is 1.40. The van der Waals surface area contributed by atoms with Crippen molar-refractivity contribution in [3.05, 3.63) is 19.9 Å². The van der Waals surface area contributed by atoms with Gasteiger partial charge in [0.15, 0.2) is 0 Å². The zero-order valence-electron chi connectivity index (χ0n) is 9.84. The van der Waals surface area contributed by atoms with Crippen LogP contribution in [0.4, 0.5) is 0 Å². The lowest BCUT2D eigenvalue weighted by molar-refractivity contribution is 0.342. The topological polar surface area (TPSA) is 12.0 Å². The van der Waals surface area contributed by atoms with Crippen LogP contribution >= 0.6 is 33.9 Å². The second kappa shape index (κ2) is 6.36. The van der Waals surface area contributed by atoms with Gasteiger partial charge in [0.1, 0.15) is 0 Å². The molecule has 1 atom stereocenters. The van der Waals surface area contributed by atoms with Gasteiger partial charge in [-0.2, -0.15) is 0 Å². The van der Waals surface area contributed by atoms with Crippen LogP contribution in [0.15, 0.2) is 11.4 Å². The Hall–Kier alpha value is 0.390. The summed E-state index contributed by atoms with van der Waals surface area (Å²) in [7, 11) is 2.11. The summed E-state index contributed by atoms with van der Waals surface area (Å²) in [5.41, 5.74) is 1.50. The van der Waals surface area contributed by atoms with Crippen LogP contribution in [0.2, 0.25) is 0 Å². The van der Waals surface area contributed by atoms with Gasteiger partial charge in [0.25, 0.3) is 0 Å². The van der Waals surface area contributed by atoms with Crippen molar-refractivity contribution in [2.24, 2.45) is 5.92 Å². The van der Waals surface area contributed by atoms with E-state index in [-0.39, 0.29) is 0 Å². The summed E-state index contributed by atoms with van der Waals surface area (Å²) in [6.07, 6.45) is 8.52. The van der Waals surface area contributed by atoms with Crippen molar-refractivity contribution in [2.75, 3.05) is 7.05 Å². The van der Waals surface area contributed by atoms with Gasteiger partial charge in [0, 0.05) is 6.04 Å². The second-order valence-electron chi connectivity index (χ2n) is 4.70. The molecule has 0 amide bonds. The van der Waals surface area contributed by atoms with E-state index in [9.17, 15) is 0 Å². The first-order valence-electron chi connectivity index (χ1n) is 6.22. The highest BCUT2D eigenvalue weighted by atomic mass is 127. The molecule has 1 aliphatic carbocycles. The molecular weight excluding hydrogens is 329 g/mol. The second-order valence-corrected chi connectivity index (χ2v) is 7.51. The molecule has 1 aromatic rings. The SMILES string of the molecule is CNC(c1csc(I)c1)C1CCCCCC1. The zero-order valence-corrected chi connectivity index (χ0v) is 12.8. The fourth-order valence-electron chi connectivity index (χ4n) is 2.81. The summed E-state index contributed by atoms with van der Waals surface area (Å²) in [6, 6.07) is 2.93. The van der Waals surface area contributed by atoms with E-state index in [1.54, 1.807) is 0 Å². The Morgan fingerprint density at radius 3 is 2.50 bits per heavy atom. The predicted octanol–water partition coefficient (Wildman–Crippen LogP) is 4.58. The maximum Gasteiger partial charge on any atom is 0.0656 e. The van der Waals surface area contributed by atoms with E-state index in [0.29, 0.717) is 6.04 Å². The molecule has 1 aliphatic rings. The van der Waals surface area contributed by atoms with Gasteiger partial charge in [0.05, 0.1) is 2.88 Å². The van der Waals surface area contributed by atoms with Crippen LogP contribution in [0.25, 0.3) is 0 Å². The molecule has 1 heterocycles. The number of halogens is 1. The fourth-order valence-corrected chi connectivity index (χ4v) is 4.21. The molecule has 0 bridgehead atoms. The first kappa shape index (κ1) is 12.8. The van der Waals surface area contributed by atoms with Crippen LogP contribution in [-0.4, -0.2) is 7.05 Å². The normalized spacial score (nSPS) is 20.6. The molecule has 0 radical (unpaired) electrons. The van der Waals surface area contributed by atoms with Crippen molar-refractivity contribution < 1.29 is 0 Å². The lowest BCUT2D eigenvalue weighted by atomic mass is 9.88. The van der Waals surface area contributed by atoms with Crippen LogP contribution < -0.4 is 5.32 Å². The van der Waals surface area contributed by atoms with Crippen LogP contribution in [0.1, 0.15) is 50.1 Å². The average Bonchev–Trinajstić information content (AvgIpc) is 2.55. The van der Waals surface area contributed by atoms with Gasteiger partial charge < -0.3 is 5.32 Å². The highest BCUT2D eigenvalue weighted by Gasteiger charge is 2.23. The molecule has 1 saturated carbocycles. The van der Waals surface area contributed by atoms with Crippen LogP contribution in [0.5, 0.6) is 0 Å². The van der Waals surface area contributed by atoms with Gasteiger partial charge in [-0.3, -0.25) is 0 Å². The van der Waals surface area contributed by atoms with Gasteiger partial charge in [-0.1, -0.05) is 25.7 Å². The lowest BCUT2D eigenvalue weighted by Crippen LogP contribution is -2.24. The minimum atomic E-state index is 0.581. The van der Waals surface area contributed by atoms with E-state index >= 15 is 0 Å². The third-order valence-corrected chi connectivity index (χ3v) is 5.44.